The lowest BCUT2D eigenvalue weighted by molar-refractivity contribution is 0.0924. The van der Waals surface area contributed by atoms with Gasteiger partial charge in [-0.2, -0.15) is 0 Å². The van der Waals surface area contributed by atoms with Crippen molar-refractivity contribution in [3.05, 3.63) is 34.4 Å². The van der Waals surface area contributed by atoms with Crippen LogP contribution in [0.15, 0.2) is 12.1 Å². The zero-order valence-corrected chi connectivity index (χ0v) is 10.6. The highest BCUT2D eigenvalue weighted by molar-refractivity contribution is 6.30. The second-order valence-electron chi connectivity index (χ2n) is 3.84. The molecule has 0 aliphatic heterocycles. The number of halogens is 3. The first-order valence-electron chi connectivity index (χ1n) is 5.55. The fraction of sp³-hybridized carbons (Fsp3) is 0.417. The molecule has 0 aliphatic carbocycles. The van der Waals surface area contributed by atoms with Crippen molar-refractivity contribution in [1.82, 2.24) is 5.32 Å². The summed E-state index contributed by atoms with van der Waals surface area (Å²) in [4.78, 5) is 11.7. The van der Waals surface area contributed by atoms with Crippen LogP contribution >= 0.6 is 11.6 Å². The summed E-state index contributed by atoms with van der Waals surface area (Å²) < 4.78 is 26.6. The number of amides is 1. The topological polar surface area (TPSA) is 49.3 Å². The lowest BCUT2D eigenvalue weighted by atomic mass is 10.1. The first kappa shape index (κ1) is 14.9. The van der Waals surface area contributed by atoms with E-state index in [0.717, 1.165) is 12.1 Å². The maximum atomic E-state index is 13.5. The van der Waals surface area contributed by atoms with Crippen molar-refractivity contribution in [1.29, 1.82) is 0 Å². The molecular formula is C12H14ClF2NO2. The molecule has 0 bridgehead atoms. The number of carbonyl (C=O) groups is 1. The minimum Gasteiger partial charge on any atom is -0.396 e. The number of nitrogens with one attached hydrogen (secondary N) is 1. The molecule has 1 atom stereocenters. The van der Waals surface area contributed by atoms with E-state index in [-0.39, 0.29) is 17.7 Å². The Morgan fingerprint density at radius 3 is 2.67 bits per heavy atom. The third-order valence-electron chi connectivity index (χ3n) is 2.56. The van der Waals surface area contributed by atoms with E-state index in [1.807, 2.05) is 6.92 Å². The van der Waals surface area contributed by atoms with Gasteiger partial charge in [0, 0.05) is 12.6 Å². The van der Waals surface area contributed by atoms with Crippen LogP contribution in [0.4, 0.5) is 8.78 Å². The van der Waals surface area contributed by atoms with E-state index in [0.29, 0.717) is 12.8 Å². The number of carbonyl (C=O) groups excluding carboxylic acids is 1. The number of rotatable bonds is 5. The number of aliphatic hydroxyl groups excluding tert-OH is 1. The molecule has 0 saturated heterocycles. The van der Waals surface area contributed by atoms with E-state index in [1.165, 1.54) is 0 Å². The summed E-state index contributed by atoms with van der Waals surface area (Å²) in [5.74, 6) is -2.44. The lowest BCUT2D eigenvalue weighted by Crippen LogP contribution is -2.35. The first-order chi connectivity index (χ1) is 8.49. The predicted molar refractivity (Wildman–Crippen MR) is 64.6 cm³/mol. The van der Waals surface area contributed by atoms with Crippen LogP contribution in [0.3, 0.4) is 0 Å². The van der Waals surface area contributed by atoms with Crippen LogP contribution in [0.2, 0.25) is 5.02 Å². The fourth-order valence-electron chi connectivity index (χ4n) is 1.49. The summed E-state index contributed by atoms with van der Waals surface area (Å²) in [7, 11) is 0. The van der Waals surface area contributed by atoms with Gasteiger partial charge in [-0.15, -0.1) is 0 Å². The molecule has 2 N–H and O–H groups in total. The Kier molecular flexibility index (Phi) is 5.50. The molecule has 0 spiro atoms. The van der Waals surface area contributed by atoms with Crippen molar-refractivity contribution >= 4 is 17.5 Å². The van der Waals surface area contributed by atoms with E-state index in [4.69, 9.17) is 16.7 Å². The van der Waals surface area contributed by atoms with Gasteiger partial charge < -0.3 is 10.4 Å². The van der Waals surface area contributed by atoms with Gasteiger partial charge in [0.2, 0.25) is 0 Å². The number of benzene rings is 1. The monoisotopic (exact) mass is 277 g/mol. The number of hydrogen-bond donors (Lipinski definition) is 2. The van der Waals surface area contributed by atoms with Gasteiger partial charge in [0.1, 0.15) is 11.6 Å². The first-order valence-corrected chi connectivity index (χ1v) is 5.93. The lowest BCUT2D eigenvalue weighted by Gasteiger charge is -2.16. The van der Waals surface area contributed by atoms with E-state index in [2.05, 4.69) is 5.32 Å². The summed E-state index contributed by atoms with van der Waals surface area (Å²) >= 11 is 5.39. The van der Waals surface area contributed by atoms with Crippen LogP contribution in [-0.2, 0) is 0 Å². The fourth-order valence-corrected chi connectivity index (χ4v) is 1.64. The van der Waals surface area contributed by atoms with Gasteiger partial charge in [0.05, 0.1) is 10.6 Å². The maximum Gasteiger partial charge on any atom is 0.254 e. The summed E-state index contributed by atoms with van der Waals surface area (Å²) in [6.07, 6.45) is 0.948. The molecule has 0 heterocycles. The molecule has 1 unspecified atom stereocenters. The van der Waals surface area contributed by atoms with Gasteiger partial charge in [-0.1, -0.05) is 18.5 Å². The van der Waals surface area contributed by atoms with E-state index >= 15 is 0 Å². The molecule has 0 saturated carbocycles. The largest absolute Gasteiger partial charge is 0.396 e. The molecule has 1 aromatic rings. The van der Waals surface area contributed by atoms with Gasteiger partial charge in [0.25, 0.3) is 5.91 Å². The Balaban J connectivity index is 2.87. The summed E-state index contributed by atoms with van der Waals surface area (Å²) in [6, 6.07) is 1.25. The smallest absolute Gasteiger partial charge is 0.254 e. The standard InChI is InChI=1S/C12H14ClF2NO2/c1-2-7(3-4-17)16-12(18)8-5-11(15)9(13)6-10(8)14/h5-7,17H,2-4H2,1H3,(H,16,18). The molecule has 1 aromatic carbocycles. The SMILES string of the molecule is CCC(CCO)NC(=O)c1cc(F)c(Cl)cc1F. The van der Waals surface area contributed by atoms with E-state index in [1.54, 1.807) is 0 Å². The summed E-state index contributed by atoms with van der Waals surface area (Å²) in [5.41, 5.74) is -0.395. The zero-order chi connectivity index (χ0) is 13.7. The maximum absolute atomic E-state index is 13.5. The quantitative estimate of drug-likeness (QED) is 0.813. The average Bonchev–Trinajstić information content (AvgIpc) is 2.33. The second kappa shape index (κ2) is 6.66. The highest BCUT2D eigenvalue weighted by Gasteiger charge is 2.17. The van der Waals surface area contributed by atoms with Crippen molar-refractivity contribution in [2.24, 2.45) is 0 Å². The van der Waals surface area contributed by atoms with Gasteiger partial charge >= 0.3 is 0 Å². The van der Waals surface area contributed by atoms with Crippen molar-refractivity contribution in [3.63, 3.8) is 0 Å². The van der Waals surface area contributed by atoms with Crippen molar-refractivity contribution < 1.29 is 18.7 Å². The van der Waals surface area contributed by atoms with Crippen molar-refractivity contribution in [2.45, 2.75) is 25.8 Å². The Morgan fingerprint density at radius 2 is 2.11 bits per heavy atom. The van der Waals surface area contributed by atoms with Gasteiger partial charge in [-0.05, 0) is 25.0 Å². The van der Waals surface area contributed by atoms with Crippen LogP contribution in [-0.4, -0.2) is 23.7 Å². The highest BCUT2D eigenvalue weighted by atomic mass is 35.5. The van der Waals surface area contributed by atoms with Crippen LogP contribution in [0.5, 0.6) is 0 Å². The van der Waals surface area contributed by atoms with Crippen molar-refractivity contribution in [2.75, 3.05) is 6.61 Å². The average molecular weight is 278 g/mol. The summed E-state index contributed by atoms with van der Waals surface area (Å²) in [5, 5.41) is 10.9. The molecule has 3 nitrogen and oxygen atoms in total. The molecule has 0 fully saturated rings. The van der Waals surface area contributed by atoms with Crippen molar-refractivity contribution in [3.8, 4) is 0 Å². The number of hydrogen-bond acceptors (Lipinski definition) is 2. The zero-order valence-electron chi connectivity index (χ0n) is 9.84. The highest BCUT2D eigenvalue weighted by Crippen LogP contribution is 2.19. The summed E-state index contributed by atoms with van der Waals surface area (Å²) in [6.45, 7) is 1.73. The van der Waals surface area contributed by atoms with Crippen LogP contribution in [0.1, 0.15) is 30.1 Å². The molecule has 18 heavy (non-hydrogen) atoms. The molecule has 0 radical (unpaired) electrons. The number of aliphatic hydroxyl groups is 1. The minimum atomic E-state index is -0.877. The van der Waals surface area contributed by atoms with E-state index in [9.17, 15) is 13.6 Å². The molecule has 6 heteroatoms. The van der Waals surface area contributed by atoms with Crippen LogP contribution in [0.25, 0.3) is 0 Å². The molecule has 1 rings (SSSR count). The van der Waals surface area contributed by atoms with Crippen LogP contribution in [0, 0.1) is 11.6 Å². The Labute approximate surface area is 109 Å². The Bertz CT molecular complexity index is 440. The minimum absolute atomic E-state index is 0.0871. The van der Waals surface area contributed by atoms with Gasteiger partial charge in [-0.25, -0.2) is 8.78 Å². The Morgan fingerprint density at radius 1 is 1.44 bits per heavy atom. The second-order valence-corrected chi connectivity index (χ2v) is 4.24. The van der Waals surface area contributed by atoms with Crippen LogP contribution < -0.4 is 5.32 Å². The normalized spacial score (nSPS) is 12.3. The molecular weight excluding hydrogens is 264 g/mol. The Hall–Kier alpha value is -1.20. The van der Waals surface area contributed by atoms with E-state index < -0.39 is 23.1 Å². The molecule has 0 aromatic heterocycles. The van der Waals surface area contributed by atoms with Gasteiger partial charge in [0.15, 0.2) is 0 Å². The third-order valence-corrected chi connectivity index (χ3v) is 2.85. The third kappa shape index (κ3) is 3.65. The molecule has 0 aliphatic rings. The van der Waals surface area contributed by atoms with Gasteiger partial charge in [-0.3, -0.25) is 4.79 Å². The molecule has 1 amide bonds. The predicted octanol–water partition coefficient (Wildman–Crippen LogP) is 2.51. The molecule has 100 valence electrons.